The number of para-hydroxylation sites is 2. The maximum absolute atomic E-state index is 11.7. The molecule has 1 aromatic carbocycles. The number of anilines is 2. The molecule has 0 saturated heterocycles. The van der Waals surface area contributed by atoms with E-state index in [-0.39, 0.29) is 23.7 Å². The molecule has 0 heterocycles. The molecule has 0 unspecified atom stereocenters. The first kappa shape index (κ1) is 14.2. The zero-order chi connectivity index (χ0) is 13.7. The van der Waals surface area contributed by atoms with Crippen molar-refractivity contribution < 1.29 is 9.59 Å². The first-order valence-electron chi connectivity index (χ1n) is 6.12. The van der Waals surface area contributed by atoms with E-state index in [1.165, 1.54) is 0 Å². The van der Waals surface area contributed by atoms with Gasteiger partial charge in [0.15, 0.2) is 0 Å². The van der Waals surface area contributed by atoms with Gasteiger partial charge in [-0.2, -0.15) is 0 Å². The Morgan fingerprint density at radius 2 is 1.17 bits per heavy atom. The van der Waals surface area contributed by atoms with Crippen LogP contribution in [0.25, 0.3) is 0 Å². The molecule has 0 radical (unpaired) electrons. The highest BCUT2D eigenvalue weighted by molar-refractivity contribution is 6.00. The van der Waals surface area contributed by atoms with Gasteiger partial charge >= 0.3 is 0 Å². The highest BCUT2D eigenvalue weighted by atomic mass is 16.2. The molecule has 4 heteroatoms. The van der Waals surface area contributed by atoms with Gasteiger partial charge in [-0.1, -0.05) is 39.8 Å². The summed E-state index contributed by atoms with van der Waals surface area (Å²) in [6.07, 6.45) is 0. The van der Waals surface area contributed by atoms with Crippen LogP contribution in [0.2, 0.25) is 0 Å². The second kappa shape index (κ2) is 6.19. The Morgan fingerprint density at radius 3 is 1.44 bits per heavy atom. The van der Waals surface area contributed by atoms with Crippen molar-refractivity contribution >= 4 is 23.2 Å². The van der Waals surface area contributed by atoms with Crippen LogP contribution in [0.15, 0.2) is 24.3 Å². The molecule has 0 aliphatic carbocycles. The second-order valence-corrected chi connectivity index (χ2v) is 4.83. The second-order valence-electron chi connectivity index (χ2n) is 4.83. The van der Waals surface area contributed by atoms with Gasteiger partial charge < -0.3 is 10.6 Å². The first-order valence-corrected chi connectivity index (χ1v) is 6.12. The van der Waals surface area contributed by atoms with Crippen molar-refractivity contribution in [2.75, 3.05) is 10.6 Å². The van der Waals surface area contributed by atoms with E-state index in [9.17, 15) is 9.59 Å². The maximum atomic E-state index is 11.7. The molecule has 0 aliphatic rings. The monoisotopic (exact) mass is 248 g/mol. The van der Waals surface area contributed by atoms with Gasteiger partial charge in [0.25, 0.3) is 0 Å². The molecule has 2 amide bonds. The van der Waals surface area contributed by atoms with Crippen molar-refractivity contribution in [2.24, 2.45) is 11.8 Å². The molecular weight excluding hydrogens is 228 g/mol. The van der Waals surface area contributed by atoms with Crippen molar-refractivity contribution in [3.63, 3.8) is 0 Å². The Morgan fingerprint density at radius 1 is 0.833 bits per heavy atom. The molecule has 1 aromatic rings. The SMILES string of the molecule is CC(C)C(=O)Nc1ccccc1NC(=O)C(C)C. The normalized spacial score (nSPS) is 10.6. The zero-order valence-corrected chi connectivity index (χ0v) is 11.3. The highest BCUT2D eigenvalue weighted by Gasteiger charge is 2.12. The fraction of sp³-hybridized carbons (Fsp3) is 0.429. The van der Waals surface area contributed by atoms with Gasteiger partial charge in [0.2, 0.25) is 11.8 Å². The third kappa shape index (κ3) is 3.87. The van der Waals surface area contributed by atoms with Gasteiger partial charge in [0.1, 0.15) is 0 Å². The fourth-order valence-corrected chi connectivity index (χ4v) is 1.26. The predicted octanol–water partition coefficient (Wildman–Crippen LogP) is 2.88. The molecule has 0 bridgehead atoms. The van der Waals surface area contributed by atoms with E-state index >= 15 is 0 Å². The molecule has 0 atom stereocenters. The molecule has 0 spiro atoms. The summed E-state index contributed by atoms with van der Waals surface area (Å²) < 4.78 is 0. The largest absolute Gasteiger partial charge is 0.324 e. The van der Waals surface area contributed by atoms with E-state index in [1.54, 1.807) is 12.1 Å². The van der Waals surface area contributed by atoms with Crippen molar-refractivity contribution in [1.82, 2.24) is 0 Å². The van der Waals surface area contributed by atoms with Crippen molar-refractivity contribution in [3.05, 3.63) is 24.3 Å². The highest BCUT2D eigenvalue weighted by Crippen LogP contribution is 2.22. The fourth-order valence-electron chi connectivity index (χ4n) is 1.26. The lowest BCUT2D eigenvalue weighted by Crippen LogP contribution is -2.21. The van der Waals surface area contributed by atoms with Crippen molar-refractivity contribution in [2.45, 2.75) is 27.7 Å². The lowest BCUT2D eigenvalue weighted by atomic mass is 10.1. The van der Waals surface area contributed by atoms with Crippen LogP contribution in [0, 0.1) is 11.8 Å². The minimum atomic E-state index is -0.0983. The number of amides is 2. The summed E-state index contributed by atoms with van der Waals surface area (Å²) in [5.41, 5.74) is 1.26. The lowest BCUT2D eigenvalue weighted by molar-refractivity contribution is -0.119. The van der Waals surface area contributed by atoms with Crippen LogP contribution in [0.3, 0.4) is 0 Å². The molecule has 0 aromatic heterocycles. The van der Waals surface area contributed by atoms with Gasteiger partial charge in [-0.3, -0.25) is 9.59 Å². The summed E-state index contributed by atoms with van der Waals surface area (Å²) in [5, 5.41) is 5.60. The smallest absolute Gasteiger partial charge is 0.226 e. The predicted molar refractivity (Wildman–Crippen MR) is 73.4 cm³/mol. The molecular formula is C14H20N2O2. The number of nitrogens with one attached hydrogen (secondary N) is 2. The Hall–Kier alpha value is -1.84. The van der Waals surface area contributed by atoms with Crippen molar-refractivity contribution in [3.8, 4) is 0 Å². The third-order valence-electron chi connectivity index (χ3n) is 2.49. The van der Waals surface area contributed by atoms with Gasteiger partial charge in [-0.05, 0) is 12.1 Å². The summed E-state index contributed by atoms with van der Waals surface area (Å²) in [6.45, 7) is 7.30. The van der Waals surface area contributed by atoms with Crippen LogP contribution in [0.5, 0.6) is 0 Å². The molecule has 0 saturated carbocycles. The molecule has 0 fully saturated rings. The van der Waals surface area contributed by atoms with Crippen LogP contribution in [-0.2, 0) is 9.59 Å². The maximum Gasteiger partial charge on any atom is 0.226 e. The van der Waals surface area contributed by atoms with E-state index in [2.05, 4.69) is 10.6 Å². The number of rotatable bonds is 4. The summed E-state index contributed by atoms with van der Waals surface area (Å²) >= 11 is 0. The van der Waals surface area contributed by atoms with Crippen LogP contribution in [0.4, 0.5) is 11.4 Å². The summed E-state index contributed by atoms with van der Waals surface area (Å²) in [6, 6.07) is 7.19. The lowest BCUT2D eigenvalue weighted by Gasteiger charge is -2.14. The Bertz CT molecular complexity index is 398. The number of hydrogen-bond donors (Lipinski definition) is 2. The number of hydrogen-bond acceptors (Lipinski definition) is 2. The Kier molecular flexibility index (Phi) is 4.89. The number of carbonyl (C=O) groups is 2. The van der Waals surface area contributed by atoms with Gasteiger partial charge in [0, 0.05) is 11.8 Å². The third-order valence-corrected chi connectivity index (χ3v) is 2.49. The van der Waals surface area contributed by atoms with E-state index in [4.69, 9.17) is 0 Å². The Labute approximate surface area is 108 Å². The molecule has 18 heavy (non-hydrogen) atoms. The zero-order valence-electron chi connectivity index (χ0n) is 11.3. The average molecular weight is 248 g/mol. The number of carbonyl (C=O) groups excluding carboxylic acids is 2. The minimum Gasteiger partial charge on any atom is -0.324 e. The van der Waals surface area contributed by atoms with Gasteiger partial charge in [-0.15, -0.1) is 0 Å². The molecule has 1 rings (SSSR count). The van der Waals surface area contributed by atoms with Crippen LogP contribution in [-0.4, -0.2) is 11.8 Å². The molecule has 4 nitrogen and oxygen atoms in total. The summed E-state index contributed by atoms with van der Waals surface area (Å²) in [5.74, 6) is -0.333. The molecule has 98 valence electrons. The molecule has 0 aliphatic heterocycles. The van der Waals surface area contributed by atoms with Crippen LogP contribution < -0.4 is 10.6 Å². The first-order chi connectivity index (χ1) is 8.41. The number of benzene rings is 1. The van der Waals surface area contributed by atoms with E-state index in [1.807, 2.05) is 39.8 Å². The average Bonchev–Trinajstić information content (AvgIpc) is 2.31. The quantitative estimate of drug-likeness (QED) is 0.860. The van der Waals surface area contributed by atoms with Crippen LogP contribution in [0.1, 0.15) is 27.7 Å². The van der Waals surface area contributed by atoms with Crippen LogP contribution >= 0.6 is 0 Å². The summed E-state index contributed by atoms with van der Waals surface area (Å²) in [4.78, 5) is 23.3. The van der Waals surface area contributed by atoms with Crippen molar-refractivity contribution in [1.29, 1.82) is 0 Å². The summed E-state index contributed by atoms with van der Waals surface area (Å²) in [7, 11) is 0. The van der Waals surface area contributed by atoms with E-state index in [0.29, 0.717) is 11.4 Å². The van der Waals surface area contributed by atoms with Gasteiger partial charge in [-0.25, -0.2) is 0 Å². The topological polar surface area (TPSA) is 58.2 Å². The van der Waals surface area contributed by atoms with Gasteiger partial charge in [0.05, 0.1) is 11.4 Å². The van der Waals surface area contributed by atoms with E-state index < -0.39 is 0 Å². The standard InChI is InChI=1S/C14H20N2O2/c1-9(2)13(17)15-11-7-5-6-8-12(11)16-14(18)10(3)4/h5-10H,1-4H3,(H,15,17)(H,16,18). The molecule has 2 N–H and O–H groups in total. The Balaban J connectivity index is 2.86. The minimum absolute atomic E-state index is 0.0683. The van der Waals surface area contributed by atoms with E-state index in [0.717, 1.165) is 0 Å².